The highest BCUT2D eigenvalue weighted by Gasteiger charge is 2.34. The number of fused-ring (bicyclic) bond motifs is 1. The number of carbonyl (C=O) groups is 2. The predicted octanol–water partition coefficient (Wildman–Crippen LogP) is 2.84. The molecule has 3 rings (SSSR count). The zero-order valence-corrected chi connectivity index (χ0v) is 15.7. The number of nitrogens with one attached hydrogen (secondary N) is 1. The summed E-state index contributed by atoms with van der Waals surface area (Å²) in [7, 11) is 0. The number of aryl methyl sites for hydroxylation is 1. The Bertz CT molecular complexity index is 928. The third-order valence-electron chi connectivity index (χ3n) is 4.50. The highest BCUT2D eigenvalue weighted by atomic mass is 16.6. The van der Waals surface area contributed by atoms with Crippen LogP contribution in [0.2, 0.25) is 0 Å². The van der Waals surface area contributed by atoms with Gasteiger partial charge in [0.1, 0.15) is 5.75 Å². The third-order valence-corrected chi connectivity index (χ3v) is 4.50. The fourth-order valence-corrected chi connectivity index (χ4v) is 3.07. The predicted molar refractivity (Wildman–Crippen MR) is 104 cm³/mol. The molecule has 0 spiro atoms. The molecule has 0 saturated heterocycles. The summed E-state index contributed by atoms with van der Waals surface area (Å²) in [5, 5.41) is 13.8. The zero-order chi connectivity index (χ0) is 20.3. The molecule has 0 bridgehead atoms. The lowest BCUT2D eigenvalue weighted by atomic mass is 10.1. The van der Waals surface area contributed by atoms with E-state index < -0.39 is 11.0 Å². The van der Waals surface area contributed by atoms with Crippen molar-refractivity contribution in [3.63, 3.8) is 0 Å². The monoisotopic (exact) mass is 383 g/mol. The summed E-state index contributed by atoms with van der Waals surface area (Å²) in [5.74, 6) is -0.187. The lowest BCUT2D eigenvalue weighted by Gasteiger charge is -2.34. The first kappa shape index (κ1) is 19.3. The van der Waals surface area contributed by atoms with Gasteiger partial charge < -0.3 is 15.0 Å². The molecule has 1 aliphatic heterocycles. The number of nitro benzene ring substituents is 1. The van der Waals surface area contributed by atoms with E-state index in [1.165, 1.54) is 23.1 Å². The maximum atomic E-state index is 13.1. The quantitative estimate of drug-likeness (QED) is 0.632. The van der Waals surface area contributed by atoms with Crippen LogP contribution in [0.1, 0.15) is 29.3 Å². The molecule has 2 amide bonds. The number of nitrogens with zero attached hydrogens (tertiary/aromatic N) is 2. The highest BCUT2D eigenvalue weighted by Crippen LogP contribution is 2.34. The van der Waals surface area contributed by atoms with Crippen LogP contribution in [0.15, 0.2) is 42.5 Å². The van der Waals surface area contributed by atoms with E-state index in [0.717, 1.165) is 6.42 Å². The van der Waals surface area contributed by atoms with Gasteiger partial charge in [-0.15, -0.1) is 0 Å². The first-order valence-corrected chi connectivity index (χ1v) is 9.02. The maximum Gasteiger partial charge on any atom is 0.272 e. The fraction of sp³-hybridized carbons (Fsp3) is 0.300. The van der Waals surface area contributed by atoms with Gasteiger partial charge >= 0.3 is 0 Å². The van der Waals surface area contributed by atoms with E-state index in [1.54, 1.807) is 31.2 Å². The summed E-state index contributed by atoms with van der Waals surface area (Å²) < 4.78 is 5.79. The number of hydrogen-bond donors (Lipinski definition) is 1. The van der Waals surface area contributed by atoms with Gasteiger partial charge in [-0.3, -0.25) is 19.7 Å². The van der Waals surface area contributed by atoms with Crippen LogP contribution in [-0.4, -0.2) is 35.9 Å². The minimum Gasteiger partial charge on any atom is -0.477 e. The molecule has 28 heavy (non-hydrogen) atoms. The molecule has 0 unspecified atom stereocenters. The Labute approximate surface area is 162 Å². The Morgan fingerprint density at radius 1 is 1.29 bits per heavy atom. The summed E-state index contributed by atoms with van der Waals surface area (Å²) in [5.41, 5.74) is 1.22. The summed E-state index contributed by atoms with van der Waals surface area (Å²) in [6.45, 7) is 4.12. The number of rotatable bonds is 5. The summed E-state index contributed by atoms with van der Waals surface area (Å²) in [4.78, 5) is 37.6. The number of para-hydroxylation sites is 2. The van der Waals surface area contributed by atoms with E-state index in [0.29, 0.717) is 29.1 Å². The summed E-state index contributed by atoms with van der Waals surface area (Å²) in [6, 6.07) is 11.2. The molecule has 1 atom stereocenters. The van der Waals surface area contributed by atoms with Crippen molar-refractivity contribution >= 4 is 23.2 Å². The van der Waals surface area contributed by atoms with Gasteiger partial charge in [0.05, 0.1) is 17.2 Å². The maximum absolute atomic E-state index is 13.1. The molecular formula is C20H21N3O5. The van der Waals surface area contributed by atoms with Gasteiger partial charge in [-0.1, -0.05) is 19.1 Å². The minimum atomic E-state index is -0.829. The molecular weight excluding hydrogens is 362 g/mol. The zero-order valence-electron chi connectivity index (χ0n) is 15.7. The molecule has 2 aromatic rings. The van der Waals surface area contributed by atoms with Crippen molar-refractivity contribution in [2.24, 2.45) is 0 Å². The first-order chi connectivity index (χ1) is 13.4. The Balaban J connectivity index is 1.92. The molecule has 1 aliphatic rings. The van der Waals surface area contributed by atoms with Gasteiger partial charge in [0.2, 0.25) is 0 Å². The van der Waals surface area contributed by atoms with Crippen LogP contribution < -0.4 is 15.0 Å². The normalized spacial score (nSPS) is 15.4. The van der Waals surface area contributed by atoms with Crippen LogP contribution >= 0.6 is 0 Å². The van der Waals surface area contributed by atoms with Crippen molar-refractivity contribution in [3.8, 4) is 5.75 Å². The second-order valence-corrected chi connectivity index (χ2v) is 6.54. The van der Waals surface area contributed by atoms with Crippen molar-refractivity contribution in [2.75, 3.05) is 18.0 Å². The topological polar surface area (TPSA) is 102 Å². The van der Waals surface area contributed by atoms with E-state index in [9.17, 15) is 19.7 Å². The molecule has 8 nitrogen and oxygen atoms in total. The number of nitro groups is 1. The Morgan fingerprint density at radius 2 is 2.04 bits per heavy atom. The second kappa shape index (κ2) is 8.08. The van der Waals surface area contributed by atoms with Crippen molar-refractivity contribution in [3.05, 3.63) is 63.7 Å². The lowest BCUT2D eigenvalue weighted by molar-refractivity contribution is -0.385. The van der Waals surface area contributed by atoms with Gasteiger partial charge in [-0.25, -0.2) is 0 Å². The van der Waals surface area contributed by atoms with Crippen molar-refractivity contribution in [1.29, 1.82) is 0 Å². The van der Waals surface area contributed by atoms with Gasteiger partial charge in [0.25, 0.3) is 17.5 Å². The number of ether oxygens (including phenoxy) is 1. The van der Waals surface area contributed by atoms with Crippen LogP contribution in [0.4, 0.5) is 11.4 Å². The average molecular weight is 383 g/mol. The van der Waals surface area contributed by atoms with E-state index in [2.05, 4.69) is 5.32 Å². The standard InChI is InChI=1S/C20H21N3O5/c1-3-10-21-19(24)18-12-22(16-6-4-5-7-17(16)28-18)20(25)14-8-9-15(23(26)27)13(2)11-14/h4-9,11,18H,3,10,12H2,1-2H3,(H,21,24)/t18-/m1/s1. The highest BCUT2D eigenvalue weighted by molar-refractivity contribution is 6.08. The van der Waals surface area contributed by atoms with Gasteiger partial charge in [0, 0.05) is 23.7 Å². The van der Waals surface area contributed by atoms with Crippen LogP contribution in [0.3, 0.4) is 0 Å². The van der Waals surface area contributed by atoms with Crippen molar-refractivity contribution in [2.45, 2.75) is 26.4 Å². The molecule has 0 saturated carbocycles. The SMILES string of the molecule is CCCNC(=O)[C@H]1CN(C(=O)c2ccc([N+](=O)[O-])c(C)c2)c2ccccc2O1. The number of benzene rings is 2. The molecule has 0 aromatic heterocycles. The van der Waals surface area contributed by atoms with Gasteiger partial charge in [-0.2, -0.15) is 0 Å². The van der Waals surface area contributed by atoms with Crippen LogP contribution in [0, 0.1) is 17.0 Å². The van der Waals surface area contributed by atoms with Gasteiger partial charge in [-0.05, 0) is 37.6 Å². The average Bonchev–Trinajstić information content (AvgIpc) is 2.70. The number of hydrogen-bond acceptors (Lipinski definition) is 5. The molecule has 146 valence electrons. The molecule has 1 heterocycles. The van der Waals surface area contributed by atoms with Crippen molar-refractivity contribution in [1.82, 2.24) is 5.32 Å². The summed E-state index contributed by atoms with van der Waals surface area (Å²) >= 11 is 0. The largest absolute Gasteiger partial charge is 0.477 e. The van der Waals surface area contributed by atoms with Crippen molar-refractivity contribution < 1.29 is 19.2 Å². The molecule has 2 aromatic carbocycles. The first-order valence-electron chi connectivity index (χ1n) is 9.02. The fourth-order valence-electron chi connectivity index (χ4n) is 3.07. The minimum absolute atomic E-state index is 0.0456. The number of anilines is 1. The van der Waals surface area contributed by atoms with E-state index in [4.69, 9.17) is 4.74 Å². The number of carbonyl (C=O) groups excluding carboxylic acids is 2. The van der Waals surface area contributed by atoms with Gasteiger partial charge in [0.15, 0.2) is 6.10 Å². The Kier molecular flexibility index (Phi) is 5.58. The second-order valence-electron chi connectivity index (χ2n) is 6.54. The molecule has 0 radical (unpaired) electrons. The molecule has 0 aliphatic carbocycles. The Morgan fingerprint density at radius 3 is 2.71 bits per heavy atom. The molecule has 8 heteroatoms. The number of amides is 2. The van der Waals surface area contributed by atoms with Crippen LogP contribution in [-0.2, 0) is 4.79 Å². The van der Waals surface area contributed by atoms with E-state index in [1.807, 2.05) is 6.92 Å². The van der Waals surface area contributed by atoms with Crippen LogP contribution in [0.5, 0.6) is 5.75 Å². The Hall–Kier alpha value is -3.42. The van der Waals surface area contributed by atoms with E-state index >= 15 is 0 Å². The summed E-state index contributed by atoms with van der Waals surface area (Å²) in [6.07, 6.45) is -0.0377. The lowest BCUT2D eigenvalue weighted by Crippen LogP contribution is -2.50. The molecule has 1 N–H and O–H groups in total. The smallest absolute Gasteiger partial charge is 0.272 e. The third kappa shape index (κ3) is 3.80. The van der Waals surface area contributed by atoms with E-state index in [-0.39, 0.29) is 24.0 Å². The molecule has 0 fully saturated rings. The van der Waals surface area contributed by atoms with Crippen LogP contribution in [0.25, 0.3) is 0 Å².